The van der Waals surface area contributed by atoms with Crippen molar-refractivity contribution in [3.63, 3.8) is 0 Å². The van der Waals surface area contributed by atoms with E-state index in [0.29, 0.717) is 5.02 Å². The molecule has 0 radical (unpaired) electrons. The Kier molecular flexibility index (Phi) is 3.20. The van der Waals surface area contributed by atoms with E-state index < -0.39 is 5.97 Å². The van der Waals surface area contributed by atoms with Gasteiger partial charge in [0.15, 0.2) is 0 Å². The van der Waals surface area contributed by atoms with Crippen molar-refractivity contribution in [3.8, 4) is 11.8 Å². The van der Waals surface area contributed by atoms with Gasteiger partial charge in [-0.05, 0) is 18.2 Å². The lowest BCUT2D eigenvalue weighted by Gasteiger charge is -2.06. The molecular formula is C11H7ClN2O3. The van der Waals surface area contributed by atoms with Crippen LogP contribution in [0.15, 0.2) is 36.7 Å². The Hall–Kier alpha value is -2.14. The van der Waals surface area contributed by atoms with Gasteiger partial charge in [0, 0.05) is 23.5 Å². The lowest BCUT2D eigenvalue weighted by atomic mass is 10.2. The van der Waals surface area contributed by atoms with Gasteiger partial charge in [-0.15, -0.1) is 0 Å². The molecule has 17 heavy (non-hydrogen) atoms. The van der Waals surface area contributed by atoms with Gasteiger partial charge in [0.2, 0.25) is 0 Å². The molecule has 2 aromatic rings. The van der Waals surface area contributed by atoms with Crippen molar-refractivity contribution in [2.75, 3.05) is 0 Å². The van der Waals surface area contributed by atoms with Crippen LogP contribution in [0.3, 0.4) is 0 Å². The summed E-state index contributed by atoms with van der Waals surface area (Å²) in [5.41, 5.74) is 0.00172. The molecule has 0 atom stereocenters. The monoisotopic (exact) mass is 250 g/mol. The second-order valence-electron chi connectivity index (χ2n) is 3.08. The number of benzene rings is 1. The second kappa shape index (κ2) is 4.80. The van der Waals surface area contributed by atoms with Crippen molar-refractivity contribution in [2.24, 2.45) is 0 Å². The van der Waals surface area contributed by atoms with Crippen LogP contribution in [0.2, 0.25) is 5.02 Å². The molecule has 0 aliphatic heterocycles. The van der Waals surface area contributed by atoms with Gasteiger partial charge in [0.1, 0.15) is 11.3 Å². The predicted octanol–water partition coefficient (Wildman–Crippen LogP) is 2.62. The Morgan fingerprint density at radius 2 is 2.00 bits per heavy atom. The average molecular weight is 251 g/mol. The first kappa shape index (κ1) is 11.3. The van der Waals surface area contributed by atoms with Crippen LogP contribution < -0.4 is 4.74 Å². The van der Waals surface area contributed by atoms with Crippen LogP contribution in [0, 0.1) is 0 Å². The molecule has 6 heteroatoms. The molecule has 0 spiro atoms. The summed E-state index contributed by atoms with van der Waals surface area (Å²) in [6.07, 6.45) is 2.99. The first-order chi connectivity index (χ1) is 8.16. The minimum absolute atomic E-state index is 0.00172. The van der Waals surface area contributed by atoms with Crippen LogP contribution in [-0.4, -0.2) is 21.0 Å². The highest BCUT2D eigenvalue weighted by atomic mass is 35.5. The SMILES string of the molecule is O=C(O)c1ccc(Cl)cc1Oc1ncccn1. The standard InChI is InChI=1S/C11H7ClN2O3/c12-7-2-3-8(10(15)16)9(6-7)17-11-13-4-1-5-14-11/h1-6H,(H,15,16). The van der Waals surface area contributed by atoms with E-state index in [1.165, 1.54) is 30.6 Å². The van der Waals surface area contributed by atoms with Gasteiger partial charge < -0.3 is 9.84 Å². The van der Waals surface area contributed by atoms with Crippen molar-refractivity contribution >= 4 is 17.6 Å². The number of ether oxygens (including phenoxy) is 1. The zero-order valence-electron chi connectivity index (χ0n) is 8.50. The molecule has 0 aliphatic rings. The van der Waals surface area contributed by atoms with Gasteiger partial charge in [0.25, 0.3) is 0 Å². The molecule has 5 nitrogen and oxygen atoms in total. The van der Waals surface area contributed by atoms with Crippen LogP contribution in [0.25, 0.3) is 0 Å². The van der Waals surface area contributed by atoms with Crippen molar-refractivity contribution < 1.29 is 14.6 Å². The molecular weight excluding hydrogens is 244 g/mol. The smallest absolute Gasteiger partial charge is 0.339 e. The third-order valence-electron chi connectivity index (χ3n) is 1.92. The highest BCUT2D eigenvalue weighted by Crippen LogP contribution is 2.26. The Bertz CT molecular complexity index is 546. The van der Waals surface area contributed by atoms with Gasteiger partial charge >= 0.3 is 12.0 Å². The Morgan fingerprint density at radius 3 is 2.65 bits per heavy atom. The summed E-state index contributed by atoms with van der Waals surface area (Å²) in [6.45, 7) is 0. The fraction of sp³-hybridized carbons (Fsp3) is 0. The summed E-state index contributed by atoms with van der Waals surface area (Å²) in [5.74, 6) is -0.996. The number of nitrogens with zero attached hydrogens (tertiary/aromatic N) is 2. The number of rotatable bonds is 3. The summed E-state index contributed by atoms with van der Waals surface area (Å²) in [6, 6.07) is 5.94. The Morgan fingerprint density at radius 1 is 1.29 bits per heavy atom. The molecule has 0 unspecified atom stereocenters. The fourth-order valence-corrected chi connectivity index (χ4v) is 1.36. The van der Waals surface area contributed by atoms with E-state index in [9.17, 15) is 4.79 Å². The van der Waals surface area contributed by atoms with Crippen LogP contribution in [0.4, 0.5) is 0 Å². The van der Waals surface area contributed by atoms with E-state index in [2.05, 4.69) is 9.97 Å². The number of halogens is 1. The summed E-state index contributed by atoms with van der Waals surface area (Å²) in [4.78, 5) is 18.6. The van der Waals surface area contributed by atoms with Crippen LogP contribution in [-0.2, 0) is 0 Å². The van der Waals surface area contributed by atoms with E-state index in [0.717, 1.165) is 0 Å². The second-order valence-corrected chi connectivity index (χ2v) is 3.52. The topological polar surface area (TPSA) is 72.3 Å². The van der Waals surface area contributed by atoms with Gasteiger partial charge in [-0.1, -0.05) is 11.6 Å². The summed E-state index contributed by atoms with van der Waals surface area (Å²) in [5, 5.41) is 9.35. The molecule has 0 aliphatic carbocycles. The molecule has 1 heterocycles. The first-order valence-electron chi connectivity index (χ1n) is 4.64. The highest BCUT2D eigenvalue weighted by Gasteiger charge is 2.13. The quantitative estimate of drug-likeness (QED) is 0.907. The Balaban J connectivity index is 2.37. The number of hydrogen-bond donors (Lipinski definition) is 1. The number of carboxylic acid groups (broad SMARTS) is 1. The molecule has 0 amide bonds. The molecule has 2 rings (SSSR count). The maximum atomic E-state index is 11.0. The van der Waals surface area contributed by atoms with Crippen LogP contribution in [0.5, 0.6) is 11.8 Å². The lowest BCUT2D eigenvalue weighted by Crippen LogP contribution is -2.01. The normalized spacial score (nSPS) is 9.94. The summed E-state index contributed by atoms with van der Waals surface area (Å²) in [7, 11) is 0. The van der Waals surface area contributed by atoms with Crippen molar-refractivity contribution in [1.29, 1.82) is 0 Å². The lowest BCUT2D eigenvalue weighted by molar-refractivity contribution is 0.0694. The first-order valence-corrected chi connectivity index (χ1v) is 5.02. The van der Waals surface area contributed by atoms with Crippen molar-refractivity contribution in [3.05, 3.63) is 47.2 Å². The third kappa shape index (κ3) is 2.70. The van der Waals surface area contributed by atoms with Gasteiger partial charge in [-0.25, -0.2) is 14.8 Å². The molecule has 0 bridgehead atoms. The molecule has 1 aromatic carbocycles. The number of aromatic carboxylic acids is 1. The maximum absolute atomic E-state index is 11.0. The van der Waals surface area contributed by atoms with E-state index in [1.54, 1.807) is 6.07 Å². The molecule has 86 valence electrons. The molecule has 0 fully saturated rings. The minimum atomic E-state index is -1.10. The number of aromatic nitrogens is 2. The van der Waals surface area contributed by atoms with Gasteiger partial charge in [0.05, 0.1) is 0 Å². The third-order valence-corrected chi connectivity index (χ3v) is 2.15. The number of hydrogen-bond acceptors (Lipinski definition) is 4. The van der Waals surface area contributed by atoms with E-state index in [-0.39, 0.29) is 17.3 Å². The molecule has 0 saturated heterocycles. The number of carbonyl (C=O) groups is 1. The summed E-state index contributed by atoms with van der Waals surface area (Å²) >= 11 is 5.77. The number of carboxylic acids is 1. The zero-order valence-corrected chi connectivity index (χ0v) is 9.26. The van der Waals surface area contributed by atoms with Gasteiger partial charge in [-0.2, -0.15) is 0 Å². The minimum Gasteiger partial charge on any atom is -0.478 e. The highest BCUT2D eigenvalue weighted by molar-refractivity contribution is 6.30. The van der Waals surface area contributed by atoms with E-state index in [1.807, 2.05) is 0 Å². The van der Waals surface area contributed by atoms with Crippen molar-refractivity contribution in [1.82, 2.24) is 9.97 Å². The van der Waals surface area contributed by atoms with E-state index in [4.69, 9.17) is 21.4 Å². The molecule has 1 aromatic heterocycles. The van der Waals surface area contributed by atoms with Crippen molar-refractivity contribution in [2.45, 2.75) is 0 Å². The molecule has 0 saturated carbocycles. The largest absolute Gasteiger partial charge is 0.478 e. The zero-order chi connectivity index (χ0) is 12.3. The maximum Gasteiger partial charge on any atom is 0.339 e. The fourth-order valence-electron chi connectivity index (χ4n) is 1.19. The van der Waals surface area contributed by atoms with Gasteiger partial charge in [-0.3, -0.25) is 0 Å². The Labute approximate surface area is 102 Å². The predicted molar refractivity (Wildman–Crippen MR) is 60.5 cm³/mol. The van der Waals surface area contributed by atoms with Crippen LogP contribution in [0.1, 0.15) is 10.4 Å². The van der Waals surface area contributed by atoms with E-state index >= 15 is 0 Å². The average Bonchev–Trinajstić information content (AvgIpc) is 2.30. The molecule has 1 N–H and O–H groups in total. The van der Waals surface area contributed by atoms with Crippen LogP contribution >= 0.6 is 11.6 Å². The summed E-state index contributed by atoms with van der Waals surface area (Å²) < 4.78 is 5.26.